The van der Waals surface area contributed by atoms with Crippen LogP contribution in [0, 0.1) is 6.92 Å². The molecule has 1 aromatic heterocycles. The van der Waals surface area contributed by atoms with Crippen LogP contribution >= 0.6 is 0 Å². The molecule has 2 aromatic rings. The first kappa shape index (κ1) is 14.8. The summed E-state index contributed by atoms with van der Waals surface area (Å²) in [5, 5.41) is 3.98. The molecule has 5 heteroatoms. The Bertz CT molecular complexity index is 659. The van der Waals surface area contributed by atoms with Crippen LogP contribution in [0.15, 0.2) is 41.5 Å². The molecule has 0 aliphatic heterocycles. The zero-order valence-electron chi connectivity index (χ0n) is 12.5. The van der Waals surface area contributed by atoms with Gasteiger partial charge in [0.25, 0.3) is 0 Å². The summed E-state index contributed by atoms with van der Waals surface area (Å²) >= 11 is 0. The summed E-state index contributed by atoms with van der Waals surface area (Å²) in [5.41, 5.74) is 5.49. The number of carbonyl (C=O) groups is 1. The van der Waals surface area contributed by atoms with Crippen LogP contribution in [0.1, 0.15) is 17.0 Å². The summed E-state index contributed by atoms with van der Waals surface area (Å²) in [4.78, 5) is 11.8. The van der Waals surface area contributed by atoms with Gasteiger partial charge >= 0.3 is 0 Å². The number of hydrogen-bond donors (Lipinski definition) is 1. The van der Waals surface area contributed by atoms with E-state index >= 15 is 0 Å². The van der Waals surface area contributed by atoms with Crippen molar-refractivity contribution < 1.29 is 9.53 Å². The van der Waals surface area contributed by atoms with E-state index in [9.17, 15) is 4.79 Å². The second-order valence-corrected chi connectivity index (χ2v) is 4.78. The van der Waals surface area contributed by atoms with Gasteiger partial charge in [-0.15, -0.1) is 0 Å². The number of carbonyl (C=O) groups excluding carboxylic acids is 1. The predicted octanol–water partition coefficient (Wildman–Crippen LogP) is 2.03. The van der Waals surface area contributed by atoms with E-state index in [1.165, 1.54) is 0 Å². The molecule has 110 valence electrons. The van der Waals surface area contributed by atoms with Gasteiger partial charge in [-0.05, 0) is 36.8 Å². The molecule has 5 nitrogen and oxygen atoms in total. The lowest BCUT2D eigenvalue weighted by Gasteiger charge is -2.04. The van der Waals surface area contributed by atoms with Crippen molar-refractivity contribution in [1.29, 1.82) is 0 Å². The highest BCUT2D eigenvalue weighted by Gasteiger charge is 2.03. The number of aromatic nitrogens is 1. The maximum absolute atomic E-state index is 11.8. The summed E-state index contributed by atoms with van der Waals surface area (Å²) in [6, 6.07) is 11.4. The molecule has 1 aromatic carbocycles. The molecule has 0 radical (unpaired) electrons. The van der Waals surface area contributed by atoms with Crippen LogP contribution in [-0.2, 0) is 18.3 Å². The predicted molar refractivity (Wildman–Crippen MR) is 82.6 cm³/mol. The normalized spacial score (nSPS) is 10.8. The Kier molecular flexibility index (Phi) is 4.77. The molecule has 0 saturated heterocycles. The van der Waals surface area contributed by atoms with Gasteiger partial charge in [0.1, 0.15) is 5.75 Å². The fourth-order valence-corrected chi connectivity index (χ4v) is 1.94. The van der Waals surface area contributed by atoms with Crippen molar-refractivity contribution in [3.63, 3.8) is 0 Å². The third kappa shape index (κ3) is 3.95. The molecule has 1 amide bonds. The Morgan fingerprint density at radius 2 is 2.19 bits per heavy atom. The van der Waals surface area contributed by atoms with Crippen LogP contribution < -0.4 is 10.2 Å². The van der Waals surface area contributed by atoms with Crippen LogP contribution in [0.5, 0.6) is 5.75 Å². The summed E-state index contributed by atoms with van der Waals surface area (Å²) in [6.45, 7) is 2.01. The minimum Gasteiger partial charge on any atom is -0.497 e. The molecule has 21 heavy (non-hydrogen) atoms. The summed E-state index contributed by atoms with van der Waals surface area (Å²) < 4.78 is 7.12. The van der Waals surface area contributed by atoms with E-state index in [2.05, 4.69) is 10.5 Å². The zero-order chi connectivity index (χ0) is 15.2. The molecule has 0 fully saturated rings. The molecule has 1 heterocycles. The van der Waals surface area contributed by atoms with Crippen LogP contribution in [0.25, 0.3) is 0 Å². The lowest BCUT2D eigenvalue weighted by Crippen LogP contribution is -2.20. The number of amides is 1. The van der Waals surface area contributed by atoms with E-state index in [0.717, 1.165) is 22.7 Å². The number of rotatable bonds is 5. The minimum atomic E-state index is -0.162. The largest absolute Gasteiger partial charge is 0.497 e. The highest BCUT2D eigenvalue weighted by atomic mass is 16.5. The number of aryl methyl sites for hydroxylation is 1. The highest BCUT2D eigenvalue weighted by molar-refractivity contribution is 5.82. The maximum Gasteiger partial charge on any atom is 0.244 e. The van der Waals surface area contributed by atoms with Crippen LogP contribution in [0.3, 0.4) is 0 Å². The van der Waals surface area contributed by atoms with Gasteiger partial charge in [0.15, 0.2) is 0 Å². The summed E-state index contributed by atoms with van der Waals surface area (Å²) in [5.74, 6) is 0.577. The lowest BCUT2D eigenvalue weighted by molar-refractivity contribution is -0.120. The van der Waals surface area contributed by atoms with Crippen molar-refractivity contribution in [3.8, 4) is 5.75 Å². The molecule has 0 bridgehead atoms. The fraction of sp³-hybridized carbons (Fsp3) is 0.250. The second-order valence-electron chi connectivity index (χ2n) is 4.78. The van der Waals surface area contributed by atoms with Gasteiger partial charge in [-0.3, -0.25) is 4.79 Å². The topological polar surface area (TPSA) is 55.6 Å². The Morgan fingerprint density at radius 3 is 2.86 bits per heavy atom. The molecule has 0 atom stereocenters. The van der Waals surface area contributed by atoms with Crippen molar-refractivity contribution in [2.45, 2.75) is 13.3 Å². The second kappa shape index (κ2) is 6.74. The van der Waals surface area contributed by atoms with E-state index in [-0.39, 0.29) is 12.3 Å². The molecule has 0 spiro atoms. The van der Waals surface area contributed by atoms with Gasteiger partial charge < -0.3 is 9.30 Å². The first-order valence-electron chi connectivity index (χ1n) is 6.67. The molecule has 0 aliphatic rings. The van der Waals surface area contributed by atoms with Gasteiger partial charge in [0.05, 0.1) is 25.4 Å². The SMILES string of the molecule is COc1cccc(CC(=O)N/N=C\c2ccc(C)n2C)c1. The van der Waals surface area contributed by atoms with Crippen molar-refractivity contribution in [1.82, 2.24) is 9.99 Å². The van der Waals surface area contributed by atoms with Crippen molar-refractivity contribution >= 4 is 12.1 Å². The number of hydrazone groups is 1. The summed E-state index contributed by atoms with van der Waals surface area (Å²) in [7, 11) is 3.56. The molecule has 0 saturated carbocycles. The van der Waals surface area contributed by atoms with Gasteiger partial charge in [-0.2, -0.15) is 5.10 Å². The maximum atomic E-state index is 11.8. The van der Waals surface area contributed by atoms with Crippen LogP contribution in [0.2, 0.25) is 0 Å². The minimum absolute atomic E-state index is 0.162. The molecular formula is C16H19N3O2. The zero-order valence-corrected chi connectivity index (χ0v) is 12.5. The number of nitrogens with one attached hydrogen (secondary N) is 1. The summed E-state index contributed by atoms with van der Waals surface area (Å²) in [6.07, 6.45) is 1.90. The van der Waals surface area contributed by atoms with Gasteiger partial charge in [-0.1, -0.05) is 12.1 Å². The quantitative estimate of drug-likeness (QED) is 0.675. The standard InChI is InChI=1S/C16H19N3O2/c1-12-7-8-14(19(12)2)11-17-18-16(20)10-13-5-4-6-15(9-13)21-3/h4-9,11H,10H2,1-3H3,(H,18,20)/b17-11-. The van der Waals surface area contributed by atoms with Gasteiger partial charge in [0, 0.05) is 12.7 Å². The van der Waals surface area contributed by atoms with Gasteiger partial charge in [0.2, 0.25) is 5.91 Å². The Labute approximate surface area is 124 Å². The number of benzene rings is 1. The van der Waals surface area contributed by atoms with E-state index in [1.807, 2.05) is 54.9 Å². The Morgan fingerprint density at radius 1 is 1.38 bits per heavy atom. The van der Waals surface area contributed by atoms with Crippen molar-refractivity contribution in [2.75, 3.05) is 7.11 Å². The van der Waals surface area contributed by atoms with E-state index < -0.39 is 0 Å². The third-order valence-electron chi connectivity index (χ3n) is 3.30. The molecule has 0 unspecified atom stereocenters. The number of ether oxygens (including phenoxy) is 1. The van der Waals surface area contributed by atoms with Crippen molar-refractivity contribution in [2.24, 2.45) is 12.1 Å². The third-order valence-corrected chi connectivity index (χ3v) is 3.30. The number of nitrogens with zero attached hydrogens (tertiary/aromatic N) is 2. The van der Waals surface area contributed by atoms with Gasteiger partial charge in [-0.25, -0.2) is 5.43 Å². The monoisotopic (exact) mass is 285 g/mol. The highest BCUT2D eigenvalue weighted by Crippen LogP contribution is 2.12. The van der Waals surface area contributed by atoms with Crippen molar-refractivity contribution in [3.05, 3.63) is 53.3 Å². The lowest BCUT2D eigenvalue weighted by atomic mass is 10.1. The van der Waals surface area contributed by atoms with E-state index in [4.69, 9.17) is 4.74 Å². The average Bonchev–Trinajstić information content (AvgIpc) is 2.79. The molecule has 2 rings (SSSR count). The van der Waals surface area contributed by atoms with E-state index in [1.54, 1.807) is 13.3 Å². The van der Waals surface area contributed by atoms with E-state index in [0.29, 0.717) is 0 Å². The number of methoxy groups -OCH3 is 1. The Hall–Kier alpha value is -2.56. The first-order valence-corrected chi connectivity index (χ1v) is 6.67. The average molecular weight is 285 g/mol. The molecule has 0 aliphatic carbocycles. The smallest absolute Gasteiger partial charge is 0.244 e. The van der Waals surface area contributed by atoms with Crippen LogP contribution in [0.4, 0.5) is 0 Å². The van der Waals surface area contributed by atoms with Crippen LogP contribution in [-0.4, -0.2) is 23.8 Å². The Balaban J connectivity index is 1.91. The molecule has 1 N–H and O–H groups in total. The molecular weight excluding hydrogens is 266 g/mol. The fourth-order valence-electron chi connectivity index (χ4n) is 1.94. The first-order chi connectivity index (χ1) is 10.1. The number of hydrogen-bond acceptors (Lipinski definition) is 3.